The van der Waals surface area contributed by atoms with Crippen LogP contribution < -0.4 is 10.6 Å². The molecule has 0 aliphatic heterocycles. The average Bonchev–Trinajstić information content (AvgIpc) is 3.07. The fraction of sp³-hybridized carbons (Fsp3) is 0.318. The molecule has 2 amide bonds. The number of amides is 2. The number of carboxylic acid groups (broad SMARTS) is 1. The summed E-state index contributed by atoms with van der Waals surface area (Å²) in [7, 11) is 0. The van der Waals surface area contributed by atoms with Crippen molar-refractivity contribution in [3.8, 4) is 11.1 Å². The van der Waals surface area contributed by atoms with Crippen molar-refractivity contribution in [1.29, 1.82) is 0 Å². The number of ether oxygens (including phenoxy) is 1. The Morgan fingerprint density at radius 2 is 1.43 bits per heavy atom. The van der Waals surface area contributed by atoms with Crippen molar-refractivity contribution in [1.82, 2.24) is 10.6 Å². The van der Waals surface area contributed by atoms with Crippen LogP contribution in [0.5, 0.6) is 0 Å². The first-order valence-corrected chi connectivity index (χ1v) is 9.97. The van der Waals surface area contributed by atoms with Gasteiger partial charge in [0.1, 0.15) is 6.61 Å². The first-order valence-electron chi connectivity index (χ1n) is 9.97. The maximum Gasteiger partial charge on any atom is 0.420 e. The predicted octanol–water partition coefficient (Wildman–Crippen LogP) is 3.98. The highest BCUT2D eigenvalue weighted by atomic mass is 19.4. The van der Waals surface area contributed by atoms with E-state index in [1.807, 2.05) is 12.1 Å². The molecule has 0 radical (unpaired) electrons. The zero-order valence-corrected chi connectivity index (χ0v) is 17.8. The molecule has 0 bridgehead atoms. The molecule has 2 aromatic carbocycles. The van der Waals surface area contributed by atoms with E-state index in [1.54, 1.807) is 36.4 Å². The molecule has 3 rings (SSSR count). The van der Waals surface area contributed by atoms with Gasteiger partial charge in [-0.05, 0) is 29.2 Å². The average molecular weight is 504 g/mol. The Hall–Kier alpha value is -3.77. The molecule has 1 aliphatic carbocycles. The molecule has 35 heavy (non-hydrogen) atoms. The molecule has 0 aromatic heterocycles. The number of rotatable bonds is 6. The molecule has 3 N–H and O–H groups in total. The number of aliphatic carboxylic acids is 1. The second kappa shape index (κ2) is 9.12. The molecule has 0 spiro atoms. The summed E-state index contributed by atoms with van der Waals surface area (Å²) in [5.74, 6) is -5.60. The third kappa shape index (κ3) is 5.03. The summed E-state index contributed by atoms with van der Waals surface area (Å²) in [5.41, 5.74) is -0.763. The number of nitrogens with one attached hydrogen (secondary N) is 2. The number of halogens is 6. The first kappa shape index (κ1) is 25.8. The largest absolute Gasteiger partial charge is 0.479 e. The van der Waals surface area contributed by atoms with Crippen molar-refractivity contribution in [2.75, 3.05) is 6.61 Å². The second-order valence-electron chi connectivity index (χ2n) is 7.86. The van der Waals surface area contributed by atoms with E-state index in [0.717, 1.165) is 27.6 Å². The minimum atomic E-state index is -5.60. The lowest BCUT2D eigenvalue weighted by Crippen LogP contribution is -2.68. The Bertz CT molecular complexity index is 1100. The van der Waals surface area contributed by atoms with Crippen LogP contribution in [0.2, 0.25) is 0 Å². The van der Waals surface area contributed by atoms with E-state index in [0.29, 0.717) is 0 Å². The zero-order chi connectivity index (χ0) is 26.2. The minimum Gasteiger partial charge on any atom is -0.479 e. The molecular formula is C22H18F6N2O5. The van der Waals surface area contributed by atoms with E-state index < -0.39 is 54.4 Å². The number of hydrogen-bond acceptors (Lipinski definition) is 4. The van der Waals surface area contributed by atoms with Gasteiger partial charge in [0.25, 0.3) is 5.91 Å². The molecule has 1 aliphatic rings. The van der Waals surface area contributed by atoms with Gasteiger partial charge in [-0.15, -0.1) is 0 Å². The van der Waals surface area contributed by atoms with Crippen LogP contribution in [0, 0.1) is 0 Å². The van der Waals surface area contributed by atoms with Gasteiger partial charge in [0.15, 0.2) is 0 Å². The summed E-state index contributed by atoms with van der Waals surface area (Å²) in [6, 6.07) is 10.5. The molecule has 0 saturated carbocycles. The second-order valence-corrected chi connectivity index (χ2v) is 7.86. The summed E-state index contributed by atoms with van der Waals surface area (Å²) < 4.78 is 84.3. The summed E-state index contributed by atoms with van der Waals surface area (Å²) in [6.07, 6.45) is -12.9. The number of carbonyl (C=O) groups is 3. The third-order valence-electron chi connectivity index (χ3n) is 5.57. The fourth-order valence-electron chi connectivity index (χ4n) is 3.65. The van der Waals surface area contributed by atoms with Gasteiger partial charge in [-0.3, -0.25) is 10.1 Å². The van der Waals surface area contributed by atoms with E-state index in [-0.39, 0.29) is 6.92 Å². The molecule has 0 saturated heterocycles. The van der Waals surface area contributed by atoms with Gasteiger partial charge in [0.2, 0.25) is 11.6 Å². The maximum absolute atomic E-state index is 13.6. The molecule has 2 aromatic rings. The third-order valence-corrected chi connectivity index (χ3v) is 5.57. The highest BCUT2D eigenvalue weighted by molar-refractivity contribution is 5.93. The van der Waals surface area contributed by atoms with Gasteiger partial charge in [-0.2, -0.15) is 26.3 Å². The summed E-state index contributed by atoms with van der Waals surface area (Å²) in [4.78, 5) is 35.2. The van der Waals surface area contributed by atoms with Crippen molar-refractivity contribution in [2.45, 2.75) is 36.8 Å². The van der Waals surface area contributed by atoms with Crippen LogP contribution >= 0.6 is 0 Å². The smallest absolute Gasteiger partial charge is 0.420 e. The topological polar surface area (TPSA) is 105 Å². The lowest BCUT2D eigenvalue weighted by Gasteiger charge is -2.32. The van der Waals surface area contributed by atoms with E-state index in [4.69, 9.17) is 9.84 Å². The maximum atomic E-state index is 13.6. The Morgan fingerprint density at radius 3 is 1.86 bits per heavy atom. The lowest BCUT2D eigenvalue weighted by molar-refractivity contribution is -0.202. The molecule has 0 heterocycles. The van der Waals surface area contributed by atoms with Crippen molar-refractivity contribution in [3.63, 3.8) is 0 Å². The van der Waals surface area contributed by atoms with Crippen molar-refractivity contribution < 1.29 is 50.6 Å². The molecule has 2 unspecified atom stereocenters. The van der Waals surface area contributed by atoms with Gasteiger partial charge >= 0.3 is 24.4 Å². The minimum absolute atomic E-state index is 0.0963. The summed E-state index contributed by atoms with van der Waals surface area (Å²) in [6.45, 7) is -0.339. The van der Waals surface area contributed by atoms with Crippen LogP contribution in [-0.4, -0.2) is 53.6 Å². The summed E-state index contributed by atoms with van der Waals surface area (Å²) in [5, 5.41) is 10.7. The van der Waals surface area contributed by atoms with Crippen LogP contribution in [0.15, 0.2) is 48.5 Å². The number of carbonyl (C=O) groups excluding carboxylic acids is 2. The molecule has 0 fully saturated rings. The number of benzene rings is 2. The van der Waals surface area contributed by atoms with Crippen LogP contribution in [0.1, 0.15) is 24.0 Å². The van der Waals surface area contributed by atoms with E-state index in [9.17, 15) is 40.7 Å². The van der Waals surface area contributed by atoms with Gasteiger partial charge in [-0.1, -0.05) is 48.5 Å². The van der Waals surface area contributed by atoms with Crippen molar-refractivity contribution in [3.05, 3.63) is 59.7 Å². The normalized spacial score (nSPS) is 15.9. The lowest BCUT2D eigenvalue weighted by atomic mass is 9.98. The van der Waals surface area contributed by atoms with Crippen molar-refractivity contribution in [2.24, 2.45) is 0 Å². The highest BCUT2D eigenvalue weighted by Gasteiger charge is 2.60. The Kier molecular flexibility index (Phi) is 6.73. The van der Waals surface area contributed by atoms with Crippen LogP contribution in [-0.2, 0) is 14.3 Å². The van der Waals surface area contributed by atoms with E-state index in [2.05, 4.69) is 0 Å². The molecule has 13 heteroatoms. The van der Waals surface area contributed by atoms with Crippen LogP contribution in [0.4, 0.5) is 31.1 Å². The van der Waals surface area contributed by atoms with Crippen LogP contribution in [0.25, 0.3) is 11.1 Å². The monoisotopic (exact) mass is 504 g/mol. The number of alkyl carbamates (subject to hydrolysis) is 1. The SMILES string of the molecule is CC(NC(=O)OCC1c2ccccc2-c2ccccc21)(C(=O)NC(C(=O)O)C(F)(F)F)C(F)(F)F. The Labute approximate surface area is 194 Å². The zero-order valence-electron chi connectivity index (χ0n) is 17.8. The molecule has 2 atom stereocenters. The van der Waals surface area contributed by atoms with Gasteiger partial charge in [-0.25, -0.2) is 9.59 Å². The summed E-state index contributed by atoms with van der Waals surface area (Å²) >= 11 is 0. The van der Waals surface area contributed by atoms with Crippen molar-refractivity contribution >= 4 is 18.0 Å². The van der Waals surface area contributed by atoms with Gasteiger partial charge in [0, 0.05) is 5.92 Å². The number of fused-ring (bicyclic) bond motifs is 3. The molecule has 7 nitrogen and oxygen atoms in total. The number of hydrogen-bond donors (Lipinski definition) is 3. The highest BCUT2D eigenvalue weighted by Crippen LogP contribution is 2.44. The van der Waals surface area contributed by atoms with Crippen LogP contribution in [0.3, 0.4) is 0 Å². The van der Waals surface area contributed by atoms with Gasteiger partial charge in [0.05, 0.1) is 0 Å². The quantitative estimate of drug-likeness (QED) is 0.517. The Balaban J connectivity index is 1.78. The van der Waals surface area contributed by atoms with E-state index >= 15 is 0 Å². The first-order chi connectivity index (χ1) is 16.2. The van der Waals surface area contributed by atoms with E-state index in [1.165, 1.54) is 5.32 Å². The fourth-order valence-corrected chi connectivity index (χ4v) is 3.65. The Morgan fingerprint density at radius 1 is 0.943 bits per heavy atom. The predicted molar refractivity (Wildman–Crippen MR) is 108 cm³/mol. The number of alkyl halides is 6. The standard InChI is InChI=1S/C22H18F6N2O5/c1-20(22(26,27)28,18(33)29-16(17(31)32)21(23,24)25)30-19(34)35-10-15-13-8-4-2-6-11(13)12-7-3-5-9-14(12)15/h2-9,15-16H,10H2,1H3,(H,29,33)(H,30,34)(H,31,32). The molecular weight excluding hydrogens is 486 g/mol. The number of carboxylic acids is 1. The van der Waals surface area contributed by atoms with Gasteiger partial charge < -0.3 is 15.2 Å². The molecule has 188 valence electrons.